The molecule has 0 unspecified atom stereocenters. The van der Waals surface area contributed by atoms with Crippen molar-refractivity contribution in [3.05, 3.63) is 46.4 Å². The van der Waals surface area contributed by atoms with Gasteiger partial charge in [-0.3, -0.25) is 10.1 Å². The molecule has 0 N–H and O–H groups in total. The Labute approximate surface area is 92.5 Å². The third-order valence-electron chi connectivity index (χ3n) is 2.59. The molecule has 0 spiro atoms. The van der Waals surface area contributed by atoms with Gasteiger partial charge in [-0.25, -0.2) is 4.98 Å². The summed E-state index contributed by atoms with van der Waals surface area (Å²) in [7, 11) is 1.92. The number of nitro benzene ring substituents is 1. The van der Waals surface area contributed by atoms with Crippen molar-refractivity contribution < 1.29 is 4.92 Å². The molecule has 0 aliphatic carbocycles. The van der Waals surface area contributed by atoms with Crippen LogP contribution in [0.15, 0.2) is 30.5 Å². The zero-order valence-electron chi connectivity index (χ0n) is 9.04. The van der Waals surface area contributed by atoms with Gasteiger partial charge in [-0.2, -0.15) is 0 Å². The molecular formula is C11H11N3O2. The quantitative estimate of drug-likeness (QED) is 0.572. The number of benzene rings is 1. The maximum absolute atomic E-state index is 10.5. The maximum atomic E-state index is 10.5. The Morgan fingerprint density at radius 3 is 2.38 bits per heavy atom. The molecule has 5 heteroatoms. The minimum atomic E-state index is -0.404. The van der Waals surface area contributed by atoms with Crippen molar-refractivity contribution in [1.82, 2.24) is 9.55 Å². The Morgan fingerprint density at radius 2 is 1.94 bits per heavy atom. The van der Waals surface area contributed by atoms with Crippen molar-refractivity contribution in [3.63, 3.8) is 0 Å². The van der Waals surface area contributed by atoms with Gasteiger partial charge >= 0.3 is 0 Å². The van der Waals surface area contributed by atoms with E-state index in [-0.39, 0.29) is 5.69 Å². The third kappa shape index (κ3) is 1.67. The van der Waals surface area contributed by atoms with Crippen LogP contribution in [0.5, 0.6) is 0 Å². The molecule has 0 aliphatic rings. The summed E-state index contributed by atoms with van der Waals surface area (Å²) in [6.45, 7) is 1.91. The maximum Gasteiger partial charge on any atom is 0.269 e. The minimum absolute atomic E-state index is 0.0997. The minimum Gasteiger partial charge on any atom is -0.331 e. The zero-order chi connectivity index (χ0) is 11.7. The van der Waals surface area contributed by atoms with Crippen LogP contribution in [-0.4, -0.2) is 14.5 Å². The van der Waals surface area contributed by atoms with E-state index in [4.69, 9.17) is 0 Å². The zero-order valence-corrected chi connectivity index (χ0v) is 9.04. The topological polar surface area (TPSA) is 61.0 Å². The molecule has 1 aromatic carbocycles. The number of hydrogen-bond donors (Lipinski definition) is 0. The highest BCUT2D eigenvalue weighted by atomic mass is 16.6. The molecule has 1 aromatic heterocycles. The van der Waals surface area contributed by atoms with E-state index in [0.29, 0.717) is 0 Å². The molecule has 0 atom stereocenters. The molecule has 0 aliphatic heterocycles. The average molecular weight is 217 g/mol. The second kappa shape index (κ2) is 3.77. The first kappa shape index (κ1) is 10.4. The third-order valence-corrected chi connectivity index (χ3v) is 2.59. The van der Waals surface area contributed by atoms with Gasteiger partial charge in [-0.05, 0) is 19.1 Å². The van der Waals surface area contributed by atoms with E-state index in [2.05, 4.69) is 4.98 Å². The van der Waals surface area contributed by atoms with Crippen molar-refractivity contribution >= 4 is 5.69 Å². The summed E-state index contributed by atoms with van der Waals surface area (Å²) in [5.74, 6) is 0.911. The Kier molecular flexibility index (Phi) is 2.44. The second-order valence-corrected chi connectivity index (χ2v) is 3.55. The van der Waals surface area contributed by atoms with E-state index in [1.54, 1.807) is 18.3 Å². The molecule has 0 bridgehead atoms. The fourth-order valence-electron chi connectivity index (χ4n) is 1.52. The van der Waals surface area contributed by atoms with Gasteiger partial charge in [0.1, 0.15) is 5.82 Å². The molecule has 0 amide bonds. The molecule has 2 rings (SSSR count). The lowest BCUT2D eigenvalue weighted by atomic mass is 10.1. The van der Waals surface area contributed by atoms with Crippen LogP contribution in [0.25, 0.3) is 11.3 Å². The molecule has 2 aromatic rings. The summed E-state index contributed by atoms with van der Waals surface area (Å²) < 4.78 is 1.95. The van der Waals surface area contributed by atoms with Gasteiger partial charge in [0.15, 0.2) is 0 Å². The van der Waals surface area contributed by atoms with E-state index in [9.17, 15) is 10.1 Å². The number of hydrogen-bond acceptors (Lipinski definition) is 3. The van der Waals surface area contributed by atoms with Gasteiger partial charge in [0.25, 0.3) is 5.69 Å². The lowest BCUT2D eigenvalue weighted by molar-refractivity contribution is -0.384. The highest BCUT2D eigenvalue weighted by Crippen LogP contribution is 2.22. The first-order valence-electron chi connectivity index (χ1n) is 4.83. The number of nitro groups is 1. The van der Waals surface area contributed by atoms with Crippen molar-refractivity contribution in [1.29, 1.82) is 0 Å². The van der Waals surface area contributed by atoms with Crippen LogP contribution in [0.2, 0.25) is 0 Å². The van der Waals surface area contributed by atoms with Crippen molar-refractivity contribution in [2.45, 2.75) is 6.92 Å². The SMILES string of the molecule is Cc1ncc(-c2ccc([N+](=O)[O-])cc2)n1C. The average Bonchev–Trinajstić information content (AvgIpc) is 2.60. The van der Waals surface area contributed by atoms with Crippen LogP contribution >= 0.6 is 0 Å². The second-order valence-electron chi connectivity index (χ2n) is 3.55. The van der Waals surface area contributed by atoms with Gasteiger partial charge < -0.3 is 4.57 Å². The van der Waals surface area contributed by atoms with Crippen molar-refractivity contribution in [2.24, 2.45) is 7.05 Å². The van der Waals surface area contributed by atoms with Gasteiger partial charge in [0.2, 0.25) is 0 Å². The van der Waals surface area contributed by atoms with Crippen LogP contribution in [-0.2, 0) is 7.05 Å². The smallest absolute Gasteiger partial charge is 0.269 e. The molecule has 5 nitrogen and oxygen atoms in total. The monoisotopic (exact) mass is 217 g/mol. The summed E-state index contributed by atoms with van der Waals surface area (Å²) in [6.07, 6.45) is 1.76. The van der Waals surface area contributed by atoms with E-state index >= 15 is 0 Å². The fourth-order valence-corrected chi connectivity index (χ4v) is 1.52. The molecule has 0 saturated carbocycles. The first-order valence-corrected chi connectivity index (χ1v) is 4.83. The molecular weight excluding hydrogens is 206 g/mol. The largest absolute Gasteiger partial charge is 0.331 e. The van der Waals surface area contributed by atoms with Crippen LogP contribution in [0.4, 0.5) is 5.69 Å². The molecule has 82 valence electrons. The van der Waals surface area contributed by atoms with E-state index in [1.807, 2.05) is 18.5 Å². The summed E-state index contributed by atoms with van der Waals surface area (Å²) in [5, 5.41) is 10.5. The standard InChI is InChI=1S/C11H11N3O2/c1-8-12-7-11(13(8)2)9-3-5-10(6-4-9)14(15)16/h3-7H,1-2H3. The van der Waals surface area contributed by atoms with E-state index in [1.165, 1.54) is 12.1 Å². The molecule has 1 heterocycles. The number of imidazole rings is 1. The lowest BCUT2D eigenvalue weighted by Gasteiger charge is -2.03. The Morgan fingerprint density at radius 1 is 1.31 bits per heavy atom. The summed E-state index contributed by atoms with van der Waals surface area (Å²) >= 11 is 0. The van der Waals surface area contributed by atoms with Gasteiger partial charge in [-0.15, -0.1) is 0 Å². The number of nitrogens with zero attached hydrogens (tertiary/aromatic N) is 3. The predicted octanol–water partition coefficient (Wildman–Crippen LogP) is 2.30. The molecule has 0 fully saturated rings. The number of rotatable bonds is 2. The Hall–Kier alpha value is -2.17. The van der Waals surface area contributed by atoms with Crippen LogP contribution < -0.4 is 0 Å². The lowest BCUT2D eigenvalue weighted by Crippen LogP contribution is -1.94. The summed E-state index contributed by atoms with van der Waals surface area (Å²) in [6, 6.07) is 6.46. The first-order chi connectivity index (χ1) is 7.59. The molecule has 0 radical (unpaired) electrons. The number of aromatic nitrogens is 2. The fraction of sp³-hybridized carbons (Fsp3) is 0.182. The normalized spacial score (nSPS) is 10.4. The Balaban J connectivity index is 2.42. The predicted molar refractivity (Wildman–Crippen MR) is 60.0 cm³/mol. The van der Waals surface area contributed by atoms with E-state index < -0.39 is 4.92 Å². The van der Waals surface area contributed by atoms with Gasteiger partial charge in [0, 0.05) is 24.7 Å². The summed E-state index contributed by atoms with van der Waals surface area (Å²) in [5.41, 5.74) is 1.98. The van der Waals surface area contributed by atoms with Gasteiger partial charge in [-0.1, -0.05) is 0 Å². The van der Waals surface area contributed by atoms with Crippen LogP contribution in [0.3, 0.4) is 0 Å². The molecule has 16 heavy (non-hydrogen) atoms. The van der Waals surface area contributed by atoms with Crippen LogP contribution in [0, 0.1) is 17.0 Å². The van der Waals surface area contributed by atoms with E-state index in [0.717, 1.165) is 17.1 Å². The number of non-ortho nitro benzene ring substituents is 1. The highest BCUT2D eigenvalue weighted by molar-refractivity contribution is 5.61. The van der Waals surface area contributed by atoms with Gasteiger partial charge in [0.05, 0.1) is 16.8 Å². The van der Waals surface area contributed by atoms with Crippen molar-refractivity contribution in [2.75, 3.05) is 0 Å². The van der Waals surface area contributed by atoms with Crippen LogP contribution in [0.1, 0.15) is 5.82 Å². The van der Waals surface area contributed by atoms with Crippen molar-refractivity contribution in [3.8, 4) is 11.3 Å². The highest BCUT2D eigenvalue weighted by Gasteiger charge is 2.08. The number of aryl methyl sites for hydroxylation is 1. The molecule has 0 saturated heterocycles. The summed E-state index contributed by atoms with van der Waals surface area (Å²) in [4.78, 5) is 14.3. The Bertz CT molecular complexity index is 529.